The molecule has 0 aliphatic carbocycles. The van der Waals surface area contributed by atoms with Crippen LogP contribution in [0.5, 0.6) is 11.5 Å². The zero-order chi connectivity index (χ0) is 21.5. The van der Waals surface area contributed by atoms with Crippen LogP contribution in [0.3, 0.4) is 0 Å². The highest BCUT2D eigenvalue weighted by Crippen LogP contribution is 2.36. The van der Waals surface area contributed by atoms with Gasteiger partial charge in [0.05, 0.1) is 25.6 Å². The number of rotatable bonds is 6. The molecule has 3 rings (SSSR count). The van der Waals surface area contributed by atoms with Crippen molar-refractivity contribution < 1.29 is 23.5 Å². The van der Waals surface area contributed by atoms with Gasteiger partial charge in [-0.2, -0.15) is 0 Å². The van der Waals surface area contributed by atoms with Gasteiger partial charge in [0.2, 0.25) is 0 Å². The number of carbonyl (C=O) groups is 2. The molecule has 0 atom stereocenters. The first-order valence-corrected chi connectivity index (χ1v) is 8.96. The van der Waals surface area contributed by atoms with Crippen LogP contribution in [0.25, 0.3) is 0 Å². The Morgan fingerprint density at radius 2 is 1.40 bits per heavy atom. The fraction of sp³-hybridized carbons (Fsp3) is 0.0909. The van der Waals surface area contributed by atoms with Gasteiger partial charge in [-0.3, -0.25) is 4.79 Å². The van der Waals surface area contributed by atoms with Crippen LogP contribution in [0.15, 0.2) is 66.7 Å². The Kier molecular flexibility index (Phi) is 6.49. The summed E-state index contributed by atoms with van der Waals surface area (Å²) in [6.45, 7) is 0. The van der Waals surface area contributed by atoms with Crippen molar-refractivity contribution in [1.82, 2.24) is 0 Å². The maximum Gasteiger partial charge on any atom is 0.323 e. The van der Waals surface area contributed by atoms with E-state index in [1.54, 1.807) is 30.3 Å². The van der Waals surface area contributed by atoms with Gasteiger partial charge in [-0.1, -0.05) is 24.3 Å². The lowest BCUT2D eigenvalue weighted by Crippen LogP contribution is -2.20. The summed E-state index contributed by atoms with van der Waals surface area (Å²) in [7, 11) is 2.87. The van der Waals surface area contributed by atoms with Crippen molar-refractivity contribution in [3.8, 4) is 11.5 Å². The number of nitrogens with one attached hydrogen (secondary N) is 3. The van der Waals surface area contributed by atoms with E-state index in [1.807, 2.05) is 6.07 Å². The van der Waals surface area contributed by atoms with Gasteiger partial charge in [0.25, 0.3) is 5.91 Å². The van der Waals surface area contributed by atoms with Crippen molar-refractivity contribution in [2.24, 2.45) is 0 Å². The van der Waals surface area contributed by atoms with E-state index in [0.717, 1.165) is 0 Å². The van der Waals surface area contributed by atoms with Crippen molar-refractivity contribution >= 4 is 29.0 Å². The molecule has 0 saturated carbocycles. The van der Waals surface area contributed by atoms with E-state index >= 15 is 0 Å². The standard InChI is InChI=1S/C22H20FN3O4/c1-29-19-13-18(26-22(28)24-16-10-6-9-15(23)11-16)20(30-2)12-17(19)25-21(27)14-7-4-3-5-8-14/h3-13H,1-2H3,(H,25,27)(H2,24,26,28). The van der Waals surface area contributed by atoms with E-state index in [1.165, 1.54) is 44.6 Å². The van der Waals surface area contributed by atoms with Gasteiger partial charge in [0.15, 0.2) is 0 Å². The van der Waals surface area contributed by atoms with Crippen LogP contribution in [0.1, 0.15) is 10.4 Å². The zero-order valence-corrected chi connectivity index (χ0v) is 16.4. The van der Waals surface area contributed by atoms with Crippen molar-refractivity contribution in [2.45, 2.75) is 0 Å². The molecule has 0 spiro atoms. The molecular weight excluding hydrogens is 389 g/mol. The summed E-state index contributed by atoms with van der Waals surface area (Å²) in [4.78, 5) is 24.8. The van der Waals surface area contributed by atoms with Crippen LogP contribution in [0.4, 0.5) is 26.2 Å². The second-order valence-electron chi connectivity index (χ2n) is 6.16. The van der Waals surface area contributed by atoms with Crippen LogP contribution in [0.2, 0.25) is 0 Å². The molecule has 0 unspecified atom stereocenters. The SMILES string of the molecule is COc1cc(NC(=O)c2ccccc2)c(OC)cc1NC(=O)Nc1cccc(F)c1. The van der Waals surface area contributed by atoms with Gasteiger partial charge < -0.3 is 25.4 Å². The topological polar surface area (TPSA) is 88.7 Å². The molecule has 0 heterocycles. The molecule has 7 nitrogen and oxygen atoms in total. The number of halogens is 1. The molecule has 0 aliphatic heterocycles. The summed E-state index contributed by atoms with van der Waals surface area (Å²) in [5.41, 5.74) is 1.46. The average Bonchev–Trinajstić information content (AvgIpc) is 2.74. The number of amides is 3. The van der Waals surface area contributed by atoms with Crippen molar-refractivity contribution in [3.05, 3.63) is 78.1 Å². The van der Waals surface area contributed by atoms with Gasteiger partial charge in [-0.25, -0.2) is 9.18 Å². The third-order valence-corrected chi connectivity index (χ3v) is 4.14. The Labute approximate surface area is 172 Å². The van der Waals surface area contributed by atoms with Gasteiger partial charge in [-0.15, -0.1) is 0 Å². The molecule has 0 aliphatic rings. The predicted molar refractivity (Wildman–Crippen MR) is 113 cm³/mol. The smallest absolute Gasteiger partial charge is 0.323 e. The van der Waals surface area contributed by atoms with Crippen molar-refractivity contribution in [2.75, 3.05) is 30.2 Å². The molecule has 0 bridgehead atoms. The van der Waals surface area contributed by atoms with Gasteiger partial charge in [-0.05, 0) is 30.3 Å². The number of anilines is 3. The van der Waals surface area contributed by atoms with Gasteiger partial charge in [0.1, 0.15) is 17.3 Å². The number of carbonyl (C=O) groups excluding carboxylic acids is 2. The lowest BCUT2D eigenvalue weighted by Gasteiger charge is -2.16. The monoisotopic (exact) mass is 409 g/mol. The van der Waals surface area contributed by atoms with Crippen LogP contribution in [-0.4, -0.2) is 26.2 Å². The highest BCUT2D eigenvalue weighted by Gasteiger charge is 2.16. The molecule has 3 aromatic rings. The molecule has 8 heteroatoms. The Balaban J connectivity index is 1.80. The number of ether oxygens (including phenoxy) is 2. The summed E-state index contributed by atoms with van der Waals surface area (Å²) in [5, 5.41) is 7.92. The average molecular weight is 409 g/mol. The molecule has 0 fully saturated rings. The first kappa shape index (κ1) is 20.7. The lowest BCUT2D eigenvalue weighted by molar-refractivity contribution is 0.102. The summed E-state index contributed by atoms with van der Waals surface area (Å²) in [5.74, 6) is -0.166. The minimum Gasteiger partial charge on any atom is -0.494 e. The molecule has 30 heavy (non-hydrogen) atoms. The second-order valence-corrected chi connectivity index (χ2v) is 6.16. The highest BCUT2D eigenvalue weighted by molar-refractivity contribution is 6.06. The molecule has 0 saturated heterocycles. The third-order valence-electron chi connectivity index (χ3n) is 4.14. The van der Waals surface area contributed by atoms with E-state index in [2.05, 4.69) is 16.0 Å². The number of benzene rings is 3. The van der Waals surface area contributed by atoms with E-state index in [9.17, 15) is 14.0 Å². The lowest BCUT2D eigenvalue weighted by atomic mass is 10.2. The van der Waals surface area contributed by atoms with Crippen molar-refractivity contribution in [1.29, 1.82) is 0 Å². The van der Waals surface area contributed by atoms with Crippen LogP contribution < -0.4 is 25.4 Å². The molecule has 3 N–H and O–H groups in total. The Morgan fingerprint density at radius 1 is 0.767 bits per heavy atom. The number of hydrogen-bond donors (Lipinski definition) is 3. The molecule has 0 aromatic heterocycles. The van der Waals surface area contributed by atoms with Crippen LogP contribution in [-0.2, 0) is 0 Å². The predicted octanol–water partition coefficient (Wildman–Crippen LogP) is 4.74. The Morgan fingerprint density at radius 3 is 2.00 bits per heavy atom. The molecule has 3 aromatic carbocycles. The largest absolute Gasteiger partial charge is 0.494 e. The maximum absolute atomic E-state index is 13.3. The highest BCUT2D eigenvalue weighted by atomic mass is 19.1. The summed E-state index contributed by atoms with van der Waals surface area (Å²) in [6.07, 6.45) is 0. The minimum absolute atomic E-state index is 0.296. The molecule has 3 amide bonds. The maximum atomic E-state index is 13.3. The summed E-state index contributed by atoms with van der Waals surface area (Å²) in [6, 6.07) is 16.7. The minimum atomic E-state index is -0.595. The van der Waals surface area contributed by atoms with Gasteiger partial charge in [0, 0.05) is 23.4 Å². The fourth-order valence-electron chi connectivity index (χ4n) is 2.73. The Bertz CT molecular complexity index is 1060. The van der Waals surface area contributed by atoms with Crippen molar-refractivity contribution in [3.63, 3.8) is 0 Å². The van der Waals surface area contributed by atoms with E-state index in [0.29, 0.717) is 34.1 Å². The Hall–Kier alpha value is -4.07. The van der Waals surface area contributed by atoms with Crippen LogP contribution >= 0.6 is 0 Å². The summed E-state index contributed by atoms with van der Waals surface area (Å²) >= 11 is 0. The molecule has 154 valence electrons. The first-order chi connectivity index (χ1) is 14.5. The second kappa shape index (κ2) is 9.42. The zero-order valence-electron chi connectivity index (χ0n) is 16.4. The van der Waals surface area contributed by atoms with E-state index < -0.39 is 11.8 Å². The van der Waals surface area contributed by atoms with E-state index in [-0.39, 0.29) is 5.91 Å². The first-order valence-electron chi connectivity index (χ1n) is 8.96. The third kappa shape index (κ3) is 5.05. The normalized spacial score (nSPS) is 10.1. The summed E-state index contributed by atoms with van der Waals surface area (Å²) < 4.78 is 24.0. The molecular formula is C22H20FN3O4. The fourth-order valence-corrected chi connectivity index (χ4v) is 2.73. The number of urea groups is 1. The van der Waals surface area contributed by atoms with Crippen LogP contribution in [0, 0.1) is 5.82 Å². The molecule has 0 radical (unpaired) electrons. The van der Waals surface area contributed by atoms with Gasteiger partial charge >= 0.3 is 6.03 Å². The number of methoxy groups -OCH3 is 2. The quantitative estimate of drug-likeness (QED) is 0.549. The van der Waals surface area contributed by atoms with E-state index in [4.69, 9.17) is 9.47 Å². The number of hydrogen-bond acceptors (Lipinski definition) is 4.